The summed E-state index contributed by atoms with van der Waals surface area (Å²) in [7, 11) is 0. The van der Waals surface area contributed by atoms with Gasteiger partial charge in [0.1, 0.15) is 5.75 Å². The normalized spacial score (nSPS) is 11.2. The second-order valence-electron chi connectivity index (χ2n) is 4.64. The maximum atomic E-state index is 12.0. The first-order valence-electron chi connectivity index (χ1n) is 6.36. The maximum absolute atomic E-state index is 12.0. The number of carbonyl (C=O) groups is 2. The van der Waals surface area contributed by atoms with Crippen LogP contribution in [-0.2, 0) is 4.79 Å². The van der Waals surface area contributed by atoms with E-state index >= 15 is 0 Å². The zero-order chi connectivity index (χ0) is 15.3. The minimum Gasteiger partial charge on any atom is -0.506 e. The third-order valence-electron chi connectivity index (χ3n) is 3.60. The number of phenolic OH excluding ortho intramolecular Hbond substituents is 1. The Hall–Kier alpha value is -1.75. The summed E-state index contributed by atoms with van der Waals surface area (Å²) in [5, 5.41) is 21.3. The van der Waals surface area contributed by atoms with Gasteiger partial charge in [-0.1, -0.05) is 25.4 Å². The van der Waals surface area contributed by atoms with E-state index in [0.717, 1.165) is 0 Å². The number of carboxylic acid groups (broad SMARTS) is 1. The molecule has 0 saturated carbocycles. The van der Waals surface area contributed by atoms with E-state index in [9.17, 15) is 19.8 Å². The van der Waals surface area contributed by atoms with Crippen LogP contribution in [0.3, 0.4) is 0 Å². The zero-order valence-corrected chi connectivity index (χ0v) is 12.2. The molecule has 110 valence electrons. The van der Waals surface area contributed by atoms with Gasteiger partial charge < -0.3 is 15.5 Å². The number of aliphatic carboxylic acids is 1. The lowest BCUT2D eigenvalue weighted by Gasteiger charge is -2.26. The molecule has 0 bridgehead atoms. The number of hydrogen-bond acceptors (Lipinski definition) is 3. The highest BCUT2D eigenvalue weighted by atomic mass is 35.5. The van der Waals surface area contributed by atoms with Crippen molar-refractivity contribution in [3.8, 4) is 5.75 Å². The Labute approximate surface area is 122 Å². The summed E-state index contributed by atoms with van der Waals surface area (Å²) < 4.78 is 0. The predicted molar refractivity (Wildman–Crippen MR) is 76.1 cm³/mol. The van der Waals surface area contributed by atoms with Crippen molar-refractivity contribution in [3.63, 3.8) is 0 Å². The zero-order valence-electron chi connectivity index (χ0n) is 11.4. The molecular formula is C14H18ClNO4. The van der Waals surface area contributed by atoms with E-state index in [4.69, 9.17) is 11.6 Å². The molecule has 0 aliphatic heterocycles. The standard InChI is InChI=1S/C14H18ClNO4/c1-3-14(4-2,13(19)20)8-16-12(18)9-5-6-11(17)10(15)7-9/h5-7,17H,3-4,8H2,1-2H3,(H,16,18)(H,19,20). The molecule has 6 heteroatoms. The molecule has 1 aromatic carbocycles. The van der Waals surface area contributed by atoms with Crippen LogP contribution >= 0.6 is 11.6 Å². The largest absolute Gasteiger partial charge is 0.506 e. The summed E-state index contributed by atoms with van der Waals surface area (Å²) in [4.78, 5) is 23.3. The second-order valence-corrected chi connectivity index (χ2v) is 5.05. The third kappa shape index (κ3) is 3.42. The van der Waals surface area contributed by atoms with Crippen LogP contribution < -0.4 is 5.32 Å². The van der Waals surface area contributed by atoms with Gasteiger partial charge in [0, 0.05) is 12.1 Å². The van der Waals surface area contributed by atoms with E-state index in [-0.39, 0.29) is 22.9 Å². The molecule has 0 radical (unpaired) electrons. The quantitative estimate of drug-likeness (QED) is 0.753. The summed E-state index contributed by atoms with van der Waals surface area (Å²) in [6, 6.07) is 4.09. The fourth-order valence-corrected chi connectivity index (χ4v) is 2.06. The Balaban J connectivity index is 2.80. The van der Waals surface area contributed by atoms with Crippen molar-refractivity contribution in [2.24, 2.45) is 5.41 Å². The fourth-order valence-electron chi connectivity index (χ4n) is 1.88. The first-order valence-corrected chi connectivity index (χ1v) is 6.74. The van der Waals surface area contributed by atoms with E-state index in [1.165, 1.54) is 18.2 Å². The molecule has 1 aromatic rings. The molecule has 3 N–H and O–H groups in total. The molecule has 0 unspecified atom stereocenters. The van der Waals surface area contributed by atoms with Crippen molar-refractivity contribution in [2.75, 3.05) is 6.54 Å². The number of benzene rings is 1. The fraction of sp³-hybridized carbons (Fsp3) is 0.429. The first-order chi connectivity index (χ1) is 9.36. The molecule has 20 heavy (non-hydrogen) atoms. The van der Waals surface area contributed by atoms with Gasteiger partial charge in [-0.05, 0) is 31.0 Å². The molecule has 0 aromatic heterocycles. The van der Waals surface area contributed by atoms with Crippen LogP contribution in [0, 0.1) is 5.41 Å². The van der Waals surface area contributed by atoms with Crippen LogP contribution in [0.15, 0.2) is 18.2 Å². The summed E-state index contributed by atoms with van der Waals surface area (Å²) in [6.07, 6.45) is 0.852. The highest BCUT2D eigenvalue weighted by Crippen LogP contribution is 2.26. The van der Waals surface area contributed by atoms with Gasteiger partial charge in [-0.2, -0.15) is 0 Å². The van der Waals surface area contributed by atoms with Gasteiger partial charge in [0.25, 0.3) is 5.91 Å². The van der Waals surface area contributed by atoms with E-state index < -0.39 is 17.3 Å². The van der Waals surface area contributed by atoms with Gasteiger partial charge in [0.15, 0.2) is 0 Å². The molecule has 0 saturated heterocycles. The lowest BCUT2D eigenvalue weighted by Crippen LogP contribution is -2.42. The highest BCUT2D eigenvalue weighted by molar-refractivity contribution is 6.32. The van der Waals surface area contributed by atoms with E-state index in [1.54, 1.807) is 13.8 Å². The SMILES string of the molecule is CCC(CC)(CNC(=O)c1ccc(O)c(Cl)c1)C(=O)O. The van der Waals surface area contributed by atoms with Gasteiger partial charge in [0.2, 0.25) is 0 Å². The molecule has 1 rings (SSSR count). The number of hydrogen-bond donors (Lipinski definition) is 3. The third-order valence-corrected chi connectivity index (χ3v) is 3.91. The Kier molecular flexibility index (Phi) is 5.39. The van der Waals surface area contributed by atoms with Crippen LogP contribution in [0.1, 0.15) is 37.0 Å². The van der Waals surface area contributed by atoms with Crippen molar-refractivity contribution in [3.05, 3.63) is 28.8 Å². The Morgan fingerprint density at radius 2 is 1.90 bits per heavy atom. The summed E-state index contributed by atoms with van der Waals surface area (Å²) in [5.74, 6) is -1.45. The minimum atomic E-state index is -0.962. The van der Waals surface area contributed by atoms with Gasteiger partial charge in [-0.3, -0.25) is 9.59 Å². The monoisotopic (exact) mass is 299 g/mol. The molecule has 5 nitrogen and oxygen atoms in total. The number of halogens is 1. The summed E-state index contributed by atoms with van der Waals surface area (Å²) in [5.41, 5.74) is -0.685. The molecule has 0 heterocycles. The maximum Gasteiger partial charge on any atom is 0.311 e. The van der Waals surface area contributed by atoms with E-state index in [1.807, 2.05) is 0 Å². The van der Waals surface area contributed by atoms with Gasteiger partial charge in [-0.15, -0.1) is 0 Å². The Morgan fingerprint density at radius 3 is 2.35 bits per heavy atom. The number of aromatic hydroxyl groups is 1. The van der Waals surface area contributed by atoms with Crippen molar-refractivity contribution in [2.45, 2.75) is 26.7 Å². The average Bonchev–Trinajstić information content (AvgIpc) is 2.43. The summed E-state index contributed by atoms with van der Waals surface area (Å²) in [6.45, 7) is 3.61. The van der Waals surface area contributed by atoms with Gasteiger partial charge >= 0.3 is 5.97 Å². The number of phenols is 1. The molecule has 0 atom stereocenters. The molecule has 0 aliphatic carbocycles. The van der Waals surface area contributed by atoms with E-state index in [2.05, 4.69) is 5.32 Å². The van der Waals surface area contributed by atoms with Gasteiger partial charge in [0.05, 0.1) is 10.4 Å². The summed E-state index contributed by atoms with van der Waals surface area (Å²) >= 11 is 5.73. The van der Waals surface area contributed by atoms with Crippen LogP contribution in [0.2, 0.25) is 5.02 Å². The number of rotatable bonds is 6. The molecule has 0 fully saturated rings. The van der Waals surface area contributed by atoms with Crippen molar-refractivity contribution in [1.82, 2.24) is 5.32 Å². The molecule has 1 amide bonds. The smallest absolute Gasteiger partial charge is 0.311 e. The molecule has 0 spiro atoms. The predicted octanol–water partition coefficient (Wildman–Crippen LogP) is 2.67. The van der Waals surface area contributed by atoms with Gasteiger partial charge in [-0.25, -0.2) is 0 Å². The average molecular weight is 300 g/mol. The van der Waals surface area contributed by atoms with Crippen molar-refractivity contribution < 1.29 is 19.8 Å². The van der Waals surface area contributed by atoms with Crippen molar-refractivity contribution >= 4 is 23.5 Å². The number of amides is 1. The Morgan fingerprint density at radius 1 is 1.30 bits per heavy atom. The number of carboxylic acids is 1. The number of carbonyl (C=O) groups excluding carboxylic acids is 1. The van der Waals surface area contributed by atoms with Crippen LogP contribution in [0.25, 0.3) is 0 Å². The molecule has 0 aliphatic rings. The highest BCUT2D eigenvalue weighted by Gasteiger charge is 2.35. The van der Waals surface area contributed by atoms with E-state index in [0.29, 0.717) is 12.8 Å². The number of nitrogens with one attached hydrogen (secondary N) is 1. The lowest BCUT2D eigenvalue weighted by molar-refractivity contribution is -0.149. The van der Waals surface area contributed by atoms with Crippen LogP contribution in [-0.4, -0.2) is 28.6 Å². The van der Waals surface area contributed by atoms with Crippen LogP contribution in [0.5, 0.6) is 5.75 Å². The topological polar surface area (TPSA) is 86.6 Å². The van der Waals surface area contributed by atoms with Crippen LogP contribution in [0.4, 0.5) is 0 Å². The lowest BCUT2D eigenvalue weighted by atomic mass is 9.82. The Bertz CT molecular complexity index is 512. The first kappa shape index (κ1) is 16.3. The van der Waals surface area contributed by atoms with Crippen molar-refractivity contribution in [1.29, 1.82) is 0 Å². The molecular weight excluding hydrogens is 282 g/mol. The minimum absolute atomic E-state index is 0.0483. The second kappa shape index (κ2) is 6.61.